The van der Waals surface area contributed by atoms with Gasteiger partial charge in [-0.25, -0.2) is 4.79 Å². The minimum absolute atomic E-state index is 0.191. The number of oxazole rings is 1. The second kappa shape index (κ2) is 5.57. The molecule has 0 spiro atoms. The van der Waals surface area contributed by atoms with Gasteiger partial charge < -0.3 is 14.8 Å². The quantitative estimate of drug-likeness (QED) is 0.750. The number of carbonyl (C=O) groups is 1. The van der Waals surface area contributed by atoms with Crippen LogP contribution in [0.5, 0.6) is 0 Å². The number of benzene rings is 1. The zero-order valence-electron chi connectivity index (χ0n) is 11.4. The van der Waals surface area contributed by atoms with Crippen LogP contribution in [0.4, 0.5) is 6.01 Å². The Morgan fingerprint density at radius 3 is 2.86 bits per heavy atom. The molecule has 108 valence electrons. The summed E-state index contributed by atoms with van der Waals surface area (Å²) in [5.41, 5.74) is 1.30. The molecule has 1 aromatic carbocycles. The largest absolute Gasteiger partial charge is 0.478 e. The number of aromatic nitrogens is 1. The topological polar surface area (TPSA) is 75.4 Å². The SMILES string of the molecule is CCc1ccc(CNc2nc3ccc(C(=O)O)cc3o2)s1. The van der Waals surface area contributed by atoms with Crippen LogP contribution >= 0.6 is 11.3 Å². The van der Waals surface area contributed by atoms with Crippen LogP contribution in [0.1, 0.15) is 27.0 Å². The lowest BCUT2D eigenvalue weighted by Gasteiger charge is -1.97. The number of nitrogens with one attached hydrogen (secondary N) is 1. The lowest BCUT2D eigenvalue weighted by molar-refractivity contribution is 0.0697. The van der Waals surface area contributed by atoms with Crippen molar-refractivity contribution >= 4 is 34.4 Å². The minimum Gasteiger partial charge on any atom is -0.478 e. The Morgan fingerprint density at radius 1 is 1.33 bits per heavy atom. The van der Waals surface area contributed by atoms with Crippen LogP contribution < -0.4 is 5.32 Å². The fourth-order valence-electron chi connectivity index (χ4n) is 2.00. The van der Waals surface area contributed by atoms with Crippen molar-refractivity contribution < 1.29 is 14.3 Å². The van der Waals surface area contributed by atoms with Gasteiger partial charge in [-0.1, -0.05) is 6.92 Å². The fourth-order valence-corrected chi connectivity index (χ4v) is 2.90. The van der Waals surface area contributed by atoms with Gasteiger partial charge in [-0.2, -0.15) is 4.98 Å². The number of thiophene rings is 1. The Balaban J connectivity index is 1.76. The molecule has 3 aromatic rings. The first kappa shape index (κ1) is 13.6. The molecule has 0 bridgehead atoms. The molecule has 0 saturated carbocycles. The first-order valence-electron chi connectivity index (χ1n) is 6.61. The van der Waals surface area contributed by atoms with Crippen molar-refractivity contribution in [1.29, 1.82) is 0 Å². The van der Waals surface area contributed by atoms with E-state index in [1.165, 1.54) is 21.9 Å². The van der Waals surface area contributed by atoms with E-state index in [4.69, 9.17) is 9.52 Å². The molecule has 0 aliphatic carbocycles. The first-order chi connectivity index (χ1) is 10.2. The standard InChI is InChI=1S/C15H14N2O3S/c1-2-10-4-5-11(21-10)8-16-15-17-12-6-3-9(14(18)19)7-13(12)20-15/h3-7H,2,8H2,1H3,(H,16,17)(H,18,19). The summed E-state index contributed by atoms with van der Waals surface area (Å²) >= 11 is 1.76. The predicted molar refractivity (Wildman–Crippen MR) is 82.0 cm³/mol. The third kappa shape index (κ3) is 2.90. The van der Waals surface area contributed by atoms with Crippen molar-refractivity contribution in [1.82, 2.24) is 4.98 Å². The van der Waals surface area contributed by atoms with Crippen molar-refractivity contribution in [3.8, 4) is 0 Å². The molecule has 0 unspecified atom stereocenters. The maximum Gasteiger partial charge on any atom is 0.335 e. The Hall–Kier alpha value is -2.34. The Morgan fingerprint density at radius 2 is 2.14 bits per heavy atom. The molecular weight excluding hydrogens is 288 g/mol. The van der Waals surface area contributed by atoms with Crippen molar-refractivity contribution in [2.75, 3.05) is 5.32 Å². The van der Waals surface area contributed by atoms with E-state index in [1.807, 2.05) is 0 Å². The number of anilines is 1. The van der Waals surface area contributed by atoms with E-state index in [2.05, 4.69) is 29.4 Å². The predicted octanol–water partition coefficient (Wildman–Crippen LogP) is 3.76. The van der Waals surface area contributed by atoms with Crippen LogP contribution in [0.15, 0.2) is 34.7 Å². The molecule has 21 heavy (non-hydrogen) atoms. The molecule has 3 rings (SSSR count). The van der Waals surface area contributed by atoms with Gasteiger partial charge in [0.25, 0.3) is 6.01 Å². The summed E-state index contributed by atoms with van der Waals surface area (Å²) in [7, 11) is 0. The number of rotatable bonds is 5. The lowest BCUT2D eigenvalue weighted by Crippen LogP contribution is -1.96. The molecule has 5 nitrogen and oxygen atoms in total. The van der Waals surface area contributed by atoms with E-state index >= 15 is 0 Å². The van der Waals surface area contributed by atoms with Gasteiger partial charge in [-0.15, -0.1) is 11.3 Å². The molecule has 6 heteroatoms. The zero-order chi connectivity index (χ0) is 14.8. The summed E-state index contributed by atoms with van der Waals surface area (Å²) in [5.74, 6) is -0.978. The molecule has 0 fully saturated rings. The van der Waals surface area contributed by atoms with Gasteiger partial charge in [0.2, 0.25) is 0 Å². The van der Waals surface area contributed by atoms with Gasteiger partial charge in [0.15, 0.2) is 5.58 Å². The van der Waals surface area contributed by atoms with E-state index in [0.717, 1.165) is 6.42 Å². The highest BCUT2D eigenvalue weighted by molar-refractivity contribution is 7.12. The summed E-state index contributed by atoms with van der Waals surface area (Å²) in [6.45, 7) is 2.77. The van der Waals surface area contributed by atoms with Crippen LogP contribution in [-0.4, -0.2) is 16.1 Å². The average molecular weight is 302 g/mol. The first-order valence-corrected chi connectivity index (χ1v) is 7.42. The van der Waals surface area contributed by atoms with E-state index < -0.39 is 5.97 Å². The van der Waals surface area contributed by atoms with Crippen molar-refractivity contribution in [2.24, 2.45) is 0 Å². The number of carboxylic acids is 1. The number of hydrogen-bond acceptors (Lipinski definition) is 5. The second-order valence-electron chi connectivity index (χ2n) is 4.58. The lowest BCUT2D eigenvalue weighted by atomic mass is 10.2. The third-order valence-electron chi connectivity index (χ3n) is 3.12. The molecule has 0 saturated heterocycles. The molecule has 0 atom stereocenters. The van der Waals surface area contributed by atoms with Gasteiger partial charge in [0.05, 0.1) is 12.1 Å². The number of nitrogens with zero attached hydrogens (tertiary/aromatic N) is 1. The van der Waals surface area contributed by atoms with E-state index in [0.29, 0.717) is 23.7 Å². The summed E-state index contributed by atoms with van der Waals surface area (Å²) < 4.78 is 5.53. The van der Waals surface area contributed by atoms with Crippen molar-refractivity contribution in [3.63, 3.8) is 0 Å². The monoisotopic (exact) mass is 302 g/mol. The number of carboxylic acid groups (broad SMARTS) is 1. The van der Waals surface area contributed by atoms with Gasteiger partial charge in [0.1, 0.15) is 5.52 Å². The van der Waals surface area contributed by atoms with Gasteiger partial charge in [-0.05, 0) is 36.8 Å². The zero-order valence-corrected chi connectivity index (χ0v) is 12.2. The van der Waals surface area contributed by atoms with Crippen molar-refractivity contribution in [3.05, 3.63) is 45.6 Å². The summed E-state index contributed by atoms with van der Waals surface area (Å²) in [6.07, 6.45) is 1.03. The van der Waals surface area contributed by atoms with E-state index in [-0.39, 0.29) is 5.56 Å². The highest BCUT2D eigenvalue weighted by atomic mass is 32.1. The van der Waals surface area contributed by atoms with Crippen LogP contribution in [-0.2, 0) is 13.0 Å². The highest BCUT2D eigenvalue weighted by Crippen LogP contribution is 2.22. The van der Waals surface area contributed by atoms with E-state index in [1.54, 1.807) is 17.4 Å². The summed E-state index contributed by atoms with van der Waals surface area (Å²) in [6, 6.07) is 9.25. The smallest absolute Gasteiger partial charge is 0.335 e. The minimum atomic E-state index is -0.978. The average Bonchev–Trinajstić information content (AvgIpc) is 3.10. The van der Waals surface area contributed by atoms with E-state index in [9.17, 15) is 4.79 Å². The summed E-state index contributed by atoms with van der Waals surface area (Å²) in [4.78, 5) is 17.8. The maximum atomic E-state index is 10.9. The normalized spacial score (nSPS) is 10.9. The van der Waals surface area contributed by atoms with Crippen LogP contribution in [0.3, 0.4) is 0 Å². The molecule has 2 N–H and O–H groups in total. The number of fused-ring (bicyclic) bond motifs is 1. The number of aromatic carboxylic acids is 1. The Labute approximate surface area is 125 Å². The molecule has 2 heterocycles. The third-order valence-corrected chi connectivity index (χ3v) is 4.34. The maximum absolute atomic E-state index is 10.9. The molecule has 0 amide bonds. The van der Waals surface area contributed by atoms with Gasteiger partial charge in [0, 0.05) is 9.75 Å². The van der Waals surface area contributed by atoms with Crippen LogP contribution in [0, 0.1) is 0 Å². The van der Waals surface area contributed by atoms with Gasteiger partial charge >= 0.3 is 5.97 Å². The molecular formula is C15H14N2O3S. The molecule has 0 aliphatic heterocycles. The second-order valence-corrected chi connectivity index (χ2v) is 5.83. The molecule has 0 aliphatic rings. The Kier molecular flexibility index (Phi) is 3.62. The number of hydrogen-bond donors (Lipinski definition) is 2. The fraction of sp³-hybridized carbons (Fsp3) is 0.200. The highest BCUT2D eigenvalue weighted by Gasteiger charge is 2.09. The van der Waals surface area contributed by atoms with Crippen LogP contribution in [0.25, 0.3) is 11.1 Å². The van der Waals surface area contributed by atoms with Crippen molar-refractivity contribution in [2.45, 2.75) is 19.9 Å². The molecule has 0 radical (unpaired) electrons. The van der Waals surface area contributed by atoms with Gasteiger partial charge in [-0.3, -0.25) is 0 Å². The number of aryl methyl sites for hydroxylation is 1. The molecule has 2 aromatic heterocycles. The van der Waals surface area contributed by atoms with Crippen LogP contribution in [0.2, 0.25) is 0 Å². The summed E-state index contributed by atoms with van der Waals surface area (Å²) in [5, 5.41) is 12.1. The Bertz CT molecular complexity index is 791.